The molecule has 0 saturated carbocycles. The van der Waals surface area contributed by atoms with E-state index in [1.54, 1.807) is 13.3 Å². The molecule has 1 fully saturated rings. The van der Waals surface area contributed by atoms with Crippen LogP contribution in [0.4, 0.5) is 0 Å². The molecule has 4 rings (SSSR count). The number of hydrogen-bond donors (Lipinski definition) is 1. The normalized spacial score (nSPS) is 17.7. The van der Waals surface area contributed by atoms with Gasteiger partial charge in [-0.05, 0) is 37.5 Å². The number of sulfone groups is 1. The number of aromatic nitrogens is 3. The summed E-state index contributed by atoms with van der Waals surface area (Å²) in [4.78, 5) is 21.4. The van der Waals surface area contributed by atoms with Crippen LogP contribution in [0.5, 0.6) is 5.75 Å². The van der Waals surface area contributed by atoms with Gasteiger partial charge in [0.25, 0.3) is 0 Å². The summed E-state index contributed by atoms with van der Waals surface area (Å²) in [5.41, 5.74) is 3.54. The van der Waals surface area contributed by atoms with Gasteiger partial charge in [-0.2, -0.15) is 0 Å². The highest BCUT2D eigenvalue weighted by Crippen LogP contribution is 2.33. The Morgan fingerprint density at radius 1 is 1.35 bits per heavy atom. The molecule has 1 aromatic carbocycles. The first-order valence-corrected chi connectivity index (χ1v) is 12.0. The molecule has 0 bridgehead atoms. The molecule has 1 N–H and O–H groups in total. The molecule has 31 heavy (non-hydrogen) atoms. The number of nitrogens with zero attached hydrogens (tertiary/aromatic N) is 3. The number of fused-ring (bicyclic) bond motifs is 1. The van der Waals surface area contributed by atoms with Crippen molar-refractivity contribution in [2.45, 2.75) is 26.3 Å². The monoisotopic (exact) mass is 442 g/mol. The van der Waals surface area contributed by atoms with Gasteiger partial charge >= 0.3 is 0 Å². The Morgan fingerprint density at radius 2 is 2.16 bits per heavy atom. The number of carbonyl (C=O) groups is 1. The lowest BCUT2D eigenvalue weighted by Gasteiger charge is -2.12. The van der Waals surface area contributed by atoms with Crippen molar-refractivity contribution in [2.24, 2.45) is 13.0 Å². The number of hydrogen-bond acceptors (Lipinski definition) is 6. The summed E-state index contributed by atoms with van der Waals surface area (Å²) < 4.78 is 30.7. The summed E-state index contributed by atoms with van der Waals surface area (Å²) >= 11 is 0. The highest BCUT2D eigenvalue weighted by atomic mass is 32.2. The van der Waals surface area contributed by atoms with Crippen LogP contribution in [0.15, 0.2) is 30.6 Å². The van der Waals surface area contributed by atoms with E-state index < -0.39 is 9.84 Å². The fraction of sp³-hybridized carbons (Fsp3) is 0.409. The molecule has 1 aliphatic rings. The van der Waals surface area contributed by atoms with Gasteiger partial charge in [0.15, 0.2) is 9.84 Å². The lowest BCUT2D eigenvalue weighted by atomic mass is 10.0. The van der Waals surface area contributed by atoms with Gasteiger partial charge in [-0.15, -0.1) is 0 Å². The number of amides is 1. The topological polar surface area (TPSA) is 103 Å². The van der Waals surface area contributed by atoms with Gasteiger partial charge < -0.3 is 14.6 Å². The number of ether oxygens (including phenoxy) is 1. The van der Waals surface area contributed by atoms with Gasteiger partial charge in [0.1, 0.15) is 11.6 Å². The minimum Gasteiger partial charge on any atom is -0.497 e. The van der Waals surface area contributed by atoms with E-state index in [0.717, 1.165) is 33.5 Å². The van der Waals surface area contributed by atoms with Crippen molar-refractivity contribution in [2.75, 3.05) is 18.6 Å². The second-order valence-electron chi connectivity index (χ2n) is 8.08. The minimum atomic E-state index is -2.99. The van der Waals surface area contributed by atoms with Crippen LogP contribution >= 0.6 is 0 Å². The molecule has 9 heteroatoms. The molecule has 0 radical (unpaired) electrons. The van der Waals surface area contributed by atoms with Crippen molar-refractivity contribution >= 4 is 26.6 Å². The molecule has 0 aliphatic carbocycles. The van der Waals surface area contributed by atoms with Crippen LogP contribution in [0.3, 0.4) is 0 Å². The van der Waals surface area contributed by atoms with Gasteiger partial charge in [-0.3, -0.25) is 4.79 Å². The van der Waals surface area contributed by atoms with E-state index in [1.807, 2.05) is 42.9 Å². The predicted octanol–water partition coefficient (Wildman–Crippen LogP) is 2.39. The van der Waals surface area contributed by atoms with Crippen molar-refractivity contribution < 1.29 is 17.9 Å². The average Bonchev–Trinajstić information content (AvgIpc) is 3.25. The Morgan fingerprint density at radius 3 is 2.87 bits per heavy atom. The van der Waals surface area contributed by atoms with Crippen molar-refractivity contribution in [1.82, 2.24) is 19.9 Å². The molecule has 1 saturated heterocycles. The third kappa shape index (κ3) is 4.56. The SMILES string of the molecule is COc1ccc2c(c1)c(-c1nc(C)ncc1CNC(=O)CC1CCS(=O)(=O)C1)cn2C. The second-order valence-corrected chi connectivity index (χ2v) is 10.3. The largest absolute Gasteiger partial charge is 0.497 e. The van der Waals surface area contributed by atoms with E-state index in [-0.39, 0.29) is 36.3 Å². The Hall–Kier alpha value is -2.94. The Labute approximate surface area is 181 Å². The molecular formula is C22H26N4O4S. The van der Waals surface area contributed by atoms with Crippen LogP contribution < -0.4 is 10.1 Å². The molecule has 0 spiro atoms. The van der Waals surface area contributed by atoms with Gasteiger partial charge in [0, 0.05) is 54.4 Å². The summed E-state index contributed by atoms with van der Waals surface area (Å²) in [6.07, 6.45) is 4.51. The lowest BCUT2D eigenvalue weighted by molar-refractivity contribution is -0.122. The number of carbonyl (C=O) groups excluding carboxylic acids is 1. The summed E-state index contributed by atoms with van der Waals surface area (Å²) in [5, 5.41) is 3.92. The predicted molar refractivity (Wildman–Crippen MR) is 118 cm³/mol. The molecular weight excluding hydrogens is 416 g/mol. The van der Waals surface area contributed by atoms with Crippen molar-refractivity contribution in [3.8, 4) is 17.0 Å². The molecule has 1 unspecified atom stereocenters. The smallest absolute Gasteiger partial charge is 0.220 e. The molecule has 1 amide bonds. The molecule has 8 nitrogen and oxygen atoms in total. The fourth-order valence-corrected chi connectivity index (χ4v) is 5.97. The quantitative estimate of drug-likeness (QED) is 0.629. The van der Waals surface area contributed by atoms with Crippen molar-refractivity contribution in [1.29, 1.82) is 0 Å². The van der Waals surface area contributed by atoms with E-state index in [0.29, 0.717) is 12.2 Å². The van der Waals surface area contributed by atoms with E-state index in [2.05, 4.69) is 15.3 Å². The van der Waals surface area contributed by atoms with E-state index in [9.17, 15) is 13.2 Å². The van der Waals surface area contributed by atoms with Gasteiger partial charge in [-0.1, -0.05) is 0 Å². The summed E-state index contributed by atoms with van der Waals surface area (Å²) in [5.74, 6) is 1.40. The summed E-state index contributed by atoms with van der Waals surface area (Å²) in [7, 11) is 0.617. The third-order valence-corrected chi connectivity index (χ3v) is 7.55. The van der Waals surface area contributed by atoms with Gasteiger partial charge in [0.05, 0.1) is 24.3 Å². The number of aryl methyl sites for hydroxylation is 2. The van der Waals surface area contributed by atoms with Crippen LogP contribution in [0.25, 0.3) is 22.2 Å². The van der Waals surface area contributed by atoms with Crippen LogP contribution in [-0.4, -0.2) is 47.5 Å². The van der Waals surface area contributed by atoms with E-state index >= 15 is 0 Å². The van der Waals surface area contributed by atoms with Crippen molar-refractivity contribution in [3.63, 3.8) is 0 Å². The van der Waals surface area contributed by atoms with Gasteiger partial charge in [0.2, 0.25) is 5.91 Å². The zero-order valence-corrected chi connectivity index (χ0v) is 18.7. The third-order valence-electron chi connectivity index (χ3n) is 5.71. The minimum absolute atomic E-state index is 0.0944. The Kier molecular flexibility index (Phi) is 5.70. The van der Waals surface area contributed by atoms with Gasteiger partial charge in [-0.25, -0.2) is 18.4 Å². The number of nitrogens with one attached hydrogen (secondary N) is 1. The highest BCUT2D eigenvalue weighted by Gasteiger charge is 2.29. The molecule has 1 atom stereocenters. The molecule has 1 aliphatic heterocycles. The summed E-state index contributed by atoms with van der Waals surface area (Å²) in [6, 6.07) is 5.90. The summed E-state index contributed by atoms with van der Waals surface area (Å²) in [6.45, 7) is 2.10. The van der Waals surface area contributed by atoms with E-state index in [1.165, 1.54) is 0 Å². The fourth-order valence-electron chi connectivity index (χ4n) is 4.11. The average molecular weight is 443 g/mol. The van der Waals surface area contributed by atoms with Crippen molar-refractivity contribution in [3.05, 3.63) is 42.0 Å². The molecule has 2 aromatic heterocycles. The van der Waals surface area contributed by atoms with Crippen LogP contribution in [0.2, 0.25) is 0 Å². The van der Waals surface area contributed by atoms with Crippen LogP contribution in [0.1, 0.15) is 24.2 Å². The van der Waals surface area contributed by atoms with Crippen LogP contribution in [-0.2, 0) is 28.2 Å². The second kappa shape index (κ2) is 8.30. The molecule has 3 aromatic rings. The lowest BCUT2D eigenvalue weighted by Crippen LogP contribution is -2.26. The first-order valence-electron chi connectivity index (χ1n) is 10.2. The maximum atomic E-state index is 12.4. The van der Waals surface area contributed by atoms with E-state index in [4.69, 9.17) is 4.74 Å². The first-order chi connectivity index (χ1) is 14.8. The zero-order valence-electron chi connectivity index (χ0n) is 17.9. The number of benzene rings is 1. The molecule has 3 heterocycles. The Bertz CT molecular complexity index is 1250. The zero-order chi connectivity index (χ0) is 22.2. The number of methoxy groups -OCH3 is 1. The maximum absolute atomic E-state index is 12.4. The standard InChI is InChI=1S/C22H26N4O4S/c1-14-23-10-16(11-24-21(27)8-15-6-7-31(28,29)13-15)22(25-14)19-12-26(2)20-5-4-17(30-3)9-18(19)20/h4-5,9-10,12,15H,6-8,11,13H2,1-3H3,(H,24,27). The van der Waals surface area contributed by atoms with Crippen LogP contribution in [0, 0.1) is 12.8 Å². The first kappa shape index (κ1) is 21.3. The number of rotatable bonds is 6. The Balaban J connectivity index is 1.59. The maximum Gasteiger partial charge on any atom is 0.220 e. The highest BCUT2D eigenvalue weighted by molar-refractivity contribution is 7.91. The molecule has 164 valence electrons.